The first-order chi connectivity index (χ1) is 10.5. The van der Waals surface area contributed by atoms with E-state index >= 15 is 0 Å². The molecule has 1 heterocycles. The van der Waals surface area contributed by atoms with E-state index < -0.39 is 24.1 Å². The van der Waals surface area contributed by atoms with Crippen molar-refractivity contribution in [2.24, 2.45) is 5.92 Å². The standard InChI is InChI=1S/C16H22N2O4/c1-11(7-6-9-13-8-4-5-10-18-13)15(22-12(2)19)14(17-3)16(20)21/h4-6,8-11,14-15,17H,7H2,1-3H3,(H,20,21)/t11-,14+,15-/m1/s1. The van der Waals surface area contributed by atoms with Gasteiger partial charge in [0.05, 0.1) is 5.69 Å². The number of aromatic nitrogens is 1. The largest absolute Gasteiger partial charge is 0.480 e. The summed E-state index contributed by atoms with van der Waals surface area (Å²) in [4.78, 5) is 26.7. The number of carbonyl (C=O) groups excluding carboxylic acids is 1. The molecule has 0 amide bonds. The van der Waals surface area contributed by atoms with Crippen LogP contribution in [0.5, 0.6) is 0 Å². The van der Waals surface area contributed by atoms with Crippen LogP contribution in [0.2, 0.25) is 0 Å². The van der Waals surface area contributed by atoms with E-state index in [2.05, 4.69) is 10.3 Å². The lowest BCUT2D eigenvalue weighted by Crippen LogP contribution is -2.49. The van der Waals surface area contributed by atoms with Crippen LogP contribution >= 0.6 is 0 Å². The Balaban J connectivity index is 2.74. The summed E-state index contributed by atoms with van der Waals surface area (Å²) in [7, 11) is 1.53. The van der Waals surface area contributed by atoms with Gasteiger partial charge in [0.25, 0.3) is 0 Å². The number of rotatable bonds is 8. The number of aliphatic carboxylic acids is 1. The molecule has 1 aromatic rings. The lowest BCUT2D eigenvalue weighted by molar-refractivity contribution is -0.156. The first-order valence-corrected chi connectivity index (χ1v) is 7.10. The number of hydrogen-bond donors (Lipinski definition) is 2. The van der Waals surface area contributed by atoms with Gasteiger partial charge in [-0.15, -0.1) is 0 Å². The highest BCUT2D eigenvalue weighted by Gasteiger charge is 2.33. The van der Waals surface area contributed by atoms with Crippen molar-refractivity contribution >= 4 is 18.0 Å². The summed E-state index contributed by atoms with van der Waals surface area (Å²) in [5, 5.41) is 11.9. The predicted molar refractivity (Wildman–Crippen MR) is 83.1 cm³/mol. The topological polar surface area (TPSA) is 88.5 Å². The molecule has 0 spiro atoms. The van der Waals surface area contributed by atoms with Crippen molar-refractivity contribution in [2.45, 2.75) is 32.4 Å². The van der Waals surface area contributed by atoms with Gasteiger partial charge in [0.15, 0.2) is 0 Å². The van der Waals surface area contributed by atoms with Crippen LogP contribution in [-0.2, 0) is 14.3 Å². The molecule has 0 saturated carbocycles. The number of carboxylic acid groups (broad SMARTS) is 1. The van der Waals surface area contributed by atoms with Crippen LogP contribution in [0.1, 0.15) is 26.0 Å². The van der Waals surface area contributed by atoms with Gasteiger partial charge in [-0.1, -0.05) is 19.1 Å². The number of pyridine rings is 1. The van der Waals surface area contributed by atoms with Crippen LogP contribution < -0.4 is 5.32 Å². The fraction of sp³-hybridized carbons (Fsp3) is 0.438. The Labute approximate surface area is 130 Å². The third kappa shape index (κ3) is 5.65. The summed E-state index contributed by atoms with van der Waals surface area (Å²) in [6, 6.07) is 4.65. The molecule has 0 unspecified atom stereocenters. The van der Waals surface area contributed by atoms with Gasteiger partial charge in [0, 0.05) is 13.1 Å². The maximum atomic E-state index is 11.3. The van der Waals surface area contributed by atoms with Crippen molar-refractivity contribution in [2.75, 3.05) is 7.05 Å². The van der Waals surface area contributed by atoms with E-state index in [1.54, 1.807) is 6.20 Å². The zero-order valence-corrected chi connectivity index (χ0v) is 13.0. The van der Waals surface area contributed by atoms with Gasteiger partial charge in [-0.05, 0) is 37.6 Å². The fourth-order valence-corrected chi connectivity index (χ4v) is 2.14. The molecule has 120 valence electrons. The van der Waals surface area contributed by atoms with Gasteiger partial charge >= 0.3 is 11.9 Å². The number of ether oxygens (including phenoxy) is 1. The summed E-state index contributed by atoms with van der Waals surface area (Å²) < 4.78 is 5.20. The molecule has 0 fully saturated rings. The zero-order chi connectivity index (χ0) is 16.5. The lowest BCUT2D eigenvalue weighted by Gasteiger charge is -2.28. The number of nitrogens with one attached hydrogen (secondary N) is 1. The lowest BCUT2D eigenvalue weighted by atomic mass is 9.94. The molecule has 0 aliphatic rings. The molecule has 0 bridgehead atoms. The quantitative estimate of drug-likeness (QED) is 0.711. The van der Waals surface area contributed by atoms with E-state index in [1.807, 2.05) is 37.3 Å². The monoisotopic (exact) mass is 306 g/mol. The Morgan fingerprint density at radius 1 is 1.45 bits per heavy atom. The highest BCUT2D eigenvalue weighted by Crippen LogP contribution is 2.17. The normalized spacial score (nSPS) is 15.2. The third-order valence-electron chi connectivity index (χ3n) is 3.25. The number of esters is 1. The Hall–Kier alpha value is -2.21. The minimum atomic E-state index is -1.05. The number of carboxylic acids is 1. The molecular weight excluding hydrogens is 284 g/mol. The Bertz CT molecular complexity index is 516. The van der Waals surface area contributed by atoms with Gasteiger partial charge in [-0.2, -0.15) is 0 Å². The maximum Gasteiger partial charge on any atom is 0.324 e. The van der Waals surface area contributed by atoms with Crippen molar-refractivity contribution in [1.29, 1.82) is 0 Å². The predicted octanol–water partition coefficient (Wildman–Crippen LogP) is 1.73. The van der Waals surface area contributed by atoms with E-state index in [-0.39, 0.29) is 5.92 Å². The molecule has 0 aliphatic carbocycles. The summed E-state index contributed by atoms with van der Waals surface area (Å²) >= 11 is 0. The highest BCUT2D eigenvalue weighted by molar-refractivity contribution is 5.75. The second-order valence-electron chi connectivity index (χ2n) is 5.05. The van der Waals surface area contributed by atoms with Crippen LogP contribution in [0, 0.1) is 5.92 Å². The second-order valence-corrected chi connectivity index (χ2v) is 5.05. The van der Waals surface area contributed by atoms with Crippen molar-refractivity contribution < 1.29 is 19.4 Å². The van der Waals surface area contributed by atoms with Crippen LogP contribution in [0.4, 0.5) is 0 Å². The molecule has 0 aromatic carbocycles. The first kappa shape index (κ1) is 17.8. The van der Waals surface area contributed by atoms with Gasteiger partial charge in [-0.3, -0.25) is 14.6 Å². The average Bonchev–Trinajstić information content (AvgIpc) is 2.47. The van der Waals surface area contributed by atoms with Gasteiger partial charge < -0.3 is 15.2 Å². The van der Waals surface area contributed by atoms with Crippen molar-refractivity contribution in [3.8, 4) is 0 Å². The van der Waals surface area contributed by atoms with Gasteiger partial charge in [-0.25, -0.2) is 0 Å². The van der Waals surface area contributed by atoms with E-state index in [4.69, 9.17) is 4.74 Å². The number of nitrogens with zero attached hydrogens (tertiary/aromatic N) is 1. The molecule has 6 nitrogen and oxygen atoms in total. The van der Waals surface area contributed by atoms with Crippen molar-refractivity contribution in [3.05, 3.63) is 36.2 Å². The highest BCUT2D eigenvalue weighted by atomic mass is 16.5. The van der Waals surface area contributed by atoms with Crippen LogP contribution in [0.3, 0.4) is 0 Å². The fourth-order valence-electron chi connectivity index (χ4n) is 2.14. The number of carbonyl (C=O) groups is 2. The van der Waals surface area contributed by atoms with E-state index in [9.17, 15) is 14.7 Å². The SMILES string of the molecule is CN[C@H](C(=O)O)[C@H](OC(C)=O)[C@H](C)CC=Cc1ccccn1. The van der Waals surface area contributed by atoms with Gasteiger partial charge in [0.1, 0.15) is 12.1 Å². The number of likely N-dealkylation sites (N-methyl/N-ethyl adjacent to an activating group) is 1. The minimum Gasteiger partial charge on any atom is -0.480 e. The Morgan fingerprint density at radius 2 is 2.18 bits per heavy atom. The molecule has 0 aliphatic heterocycles. The summed E-state index contributed by atoms with van der Waals surface area (Å²) in [5.41, 5.74) is 0.821. The smallest absolute Gasteiger partial charge is 0.324 e. The van der Waals surface area contributed by atoms with E-state index in [0.717, 1.165) is 5.69 Å². The zero-order valence-electron chi connectivity index (χ0n) is 13.0. The molecule has 2 N–H and O–H groups in total. The minimum absolute atomic E-state index is 0.155. The molecule has 22 heavy (non-hydrogen) atoms. The molecule has 6 heteroatoms. The van der Waals surface area contributed by atoms with E-state index in [1.165, 1.54) is 14.0 Å². The molecule has 1 rings (SSSR count). The van der Waals surface area contributed by atoms with E-state index in [0.29, 0.717) is 6.42 Å². The molecular formula is C16H22N2O4. The van der Waals surface area contributed by atoms with Crippen LogP contribution in [0.25, 0.3) is 6.08 Å². The second kappa shape index (κ2) is 8.94. The Morgan fingerprint density at radius 3 is 2.68 bits per heavy atom. The third-order valence-corrected chi connectivity index (χ3v) is 3.25. The first-order valence-electron chi connectivity index (χ1n) is 7.10. The molecule has 0 saturated heterocycles. The van der Waals surface area contributed by atoms with Crippen molar-refractivity contribution in [1.82, 2.24) is 10.3 Å². The average molecular weight is 306 g/mol. The van der Waals surface area contributed by atoms with Gasteiger partial charge in [0.2, 0.25) is 0 Å². The molecule has 1 aromatic heterocycles. The summed E-state index contributed by atoms with van der Waals surface area (Å²) in [5.74, 6) is -1.70. The van der Waals surface area contributed by atoms with Crippen molar-refractivity contribution in [3.63, 3.8) is 0 Å². The number of allylic oxidation sites excluding steroid dienone is 1. The Kier molecular flexibility index (Phi) is 7.25. The maximum absolute atomic E-state index is 11.3. The number of hydrogen-bond acceptors (Lipinski definition) is 5. The summed E-state index contributed by atoms with van der Waals surface area (Å²) in [6.45, 7) is 3.13. The molecule has 0 radical (unpaired) electrons. The van der Waals surface area contributed by atoms with Crippen LogP contribution in [-0.4, -0.2) is 41.2 Å². The summed E-state index contributed by atoms with van der Waals surface area (Å²) in [6.07, 6.45) is 5.29. The molecule has 3 atom stereocenters. The van der Waals surface area contributed by atoms with Crippen LogP contribution in [0.15, 0.2) is 30.5 Å².